The molecule has 6 aliphatic rings. The fourth-order valence-electron chi connectivity index (χ4n) is 8.44. The van der Waals surface area contributed by atoms with Crippen LogP contribution >= 0.6 is 0 Å². The molecular weight excluding hydrogens is 594 g/mol. The number of nitrogens with zero attached hydrogens (tertiary/aromatic N) is 3. The van der Waals surface area contributed by atoms with Gasteiger partial charge in [-0.15, -0.1) is 0 Å². The Balaban J connectivity index is 1.14. The normalized spacial score (nSPS) is 41.0. The number of hydrogen-bond acceptors (Lipinski definition) is 8. The molecule has 16 heteroatoms. The summed E-state index contributed by atoms with van der Waals surface area (Å²) in [5.41, 5.74) is 2.61. The fourth-order valence-corrected chi connectivity index (χ4v) is 8.44. The van der Waals surface area contributed by atoms with Gasteiger partial charge in [-0.2, -0.15) is 26.3 Å². The molecule has 6 rings (SSSR count). The van der Waals surface area contributed by atoms with Gasteiger partial charge in [-0.25, -0.2) is 10.4 Å². The van der Waals surface area contributed by atoms with E-state index in [-0.39, 0.29) is 48.6 Å². The number of hydrazine groups is 1. The number of piperidine rings is 1. The molecule has 4 heterocycles. The molecule has 10 nitrogen and oxygen atoms in total. The Morgan fingerprint density at radius 1 is 0.909 bits per heavy atom. The van der Waals surface area contributed by atoms with Gasteiger partial charge in [-0.1, -0.05) is 0 Å². The average molecular weight is 641 g/mol. The van der Waals surface area contributed by atoms with Crippen molar-refractivity contribution in [2.45, 2.75) is 113 Å². The van der Waals surface area contributed by atoms with E-state index in [9.17, 15) is 26.3 Å². The highest BCUT2D eigenvalue weighted by atomic mass is 19.4. The number of methoxy groups -OCH3 is 2. The highest BCUT2D eigenvalue weighted by Crippen LogP contribution is 2.41. The van der Waals surface area contributed by atoms with Crippen molar-refractivity contribution in [3.8, 4) is 0 Å². The summed E-state index contributed by atoms with van der Waals surface area (Å²) in [5.74, 6) is 0.611. The van der Waals surface area contributed by atoms with Gasteiger partial charge >= 0.3 is 12.4 Å². The topological polar surface area (TPSA) is 100 Å². The van der Waals surface area contributed by atoms with E-state index < -0.39 is 43.4 Å². The van der Waals surface area contributed by atoms with Crippen LogP contribution in [-0.2, 0) is 9.47 Å². The summed E-state index contributed by atoms with van der Waals surface area (Å²) < 4.78 is 92.5. The highest BCUT2D eigenvalue weighted by Gasteiger charge is 2.54. The van der Waals surface area contributed by atoms with Gasteiger partial charge in [0.15, 0.2) is 5.96 Å². The summed E-state index contributed by atoms with van der Waals surface area (Å²) in [6.45, 7) is 0.395. The van der Waals surface area contributed by atoms with E-state index in [0.717, 1.165) is 30.7 Å². The van der Waals surface area contributed by atoms with Crippen LogP contribution in [-0.4, -0.2) is 122 Å². The van der Waals surface area contributed by atoms with Crippen LogP contribution in [0.2, 0.25) is 0 Å². The minimum absolute atomic E-state index is 0.00586. The maximum atomic E-state index is 13.7. The first kappa shape index (κ1) is 32.5. The van der Waals surface area contributed by atoms with E-state index in [1.54, 1.807) is 17.0 Å². The lowest BCUT2D eigenvalue weighted by Crippen LogP contribution is -2.71. The second-order valence-corrected chi connectivity index (χ2v) is 13.5. The van der Waals surface area contributed by atoms with Crippen molar-refractivity contribution in [1.82, 2.24) is 36.2 Å². The third-order valence-electron chi connectivity index (χ3n) is 10.7. The third-order valence-corrected chi connectivity index (χ3v) is 10.7. The minimum Gasteiger partial charge on any atom is -0.381 e. The van der Waals surface area contributed by atoms with Crippen LogP contribution in [0, 0.1) is 23.2 Å². The van der Waals surface area contributed by atoms with Crippen LogP contribution in [0.15, 0.2) is 0 Å². The molecule has 0 aromatic rings. The second-order valence-electron chi connectivity index (χ2n) is 13.5. The molecule has 0 aromatic heterocycles. The first-order valence-electron chi connectivity index (χ1n) is 16.0. The Bertz CT molecular complexity index is 1010. The Hall–Kier alpha value is -1.43. The van der Waals surface area contributed by atoms with E-state index in [0.29, 0.717) is 44.7 Å². The molecule has 0 aromatic carbocycles. The lowest BCUT2D eigenvalue weighted by atomic mass is 9.81. The van der Waals surface area contributed by atoms with Crippen LogP contribution < -0.4 is 21.4 Å². The molecule has 0 bridgehead atoms. The van der Waals surface area contributed by atoms with Gasteiger partial charge in [0.25, 0.3) is 0 Å². The largest absolute Gasteiger partial charge is 0.406 e. The van der Waals surface area contributed by atoms with Gasteiger partial charge in [-0.3, -0.25) is 16.0 Å². The summed E-state index contributed by atoms with van der Waals surface area (Å²) in [5, 5.41) is 21.3. The SMILES string of the molecule is COC1CCNC(C2CC2)C1C1NCC2C(N1)N(CC1CCC(N3NC(C(F)(F)F)CC3OC)CC1)C(=N)N2CC(F)(F)F. The summed E-state index contributed by atoms with van der Waals surface area (Å²) >= 11 is 0. The second kappa shape index (κ2) is 12.6. The molecule has 252 valence electrons. The lowest BCUT2D eigenvalue weighted by Gasteiger charge is -2.48. The van der Waals surface area contributed by atoms with Crippen LogP contribution in [0.4, 0.5) is 26.3 Å². The van der Waals surface area contributed by atoms with Crippen LogP contribution in [0.1, 0.15) is 51.4 Å². The van der Waals surface area contributed by atoms with Crippen molar-refractivity contribution in [2.24, 2.45) is 17.8 Å². The minimum atomic E-state index is -4.46. The Morgan fingerprint density at radius 2 is 1.64 bits per heavy atom. The zero-order valence-electron chi connectivity index (χ0n) is 25.3. The molecule has 0 spiro atoms. The number of guanidine groups is 1. The molecule has 2 saturated carbocycles. The van der Waals surface area contributed by atoms with Crippen LogP contribution in [0.25, 0.3) is 0 Å². The predicted octanol–water partition coefficient (Wildman–Crippen LogP) is 2.39. The molecule has 44 heavy (non-hydrogen) atoms. The smallest absolute Gasteiger partial charge is 0.381 e. The zero-order valence-corrected chi connectivity index (χ0v) is 25.3. The van der Waals surface area contributed by atoms with Gasteiger partial charge in [0.1, 0.15) is 25.0 Å². The lowest BCUT2D eigenvalue weighted by molar-refractivity contribution is -0.158. The van der Waals surface area contributed by atoms with E-state index in [1.807, 2.05) is 0 Å². The van der Waals surface area contributed by atoms with Gasteiger partial charge in [-0.05, 0) is 63.3 Å². The quantitative estimate of drug-likeness (QED) is 0.256. The predicted molar refractivity (Wildman–Crippen MR) is 149 cm³/mol. The van der Waals surface area contributed by atoms with Gasteiger partial charge in [0.2, 0.25) is 0 Å². The number of nitrogens with one attached hydrogen (secondary N) is 5. The van der Waals surface area contributed by atoms with Crippen molar-refractivity contribution in [3.05, 3.63) is 0 Å². The standard InChI is InChI=1S/C28H46F6N8O2/c1-43-19-9-10-36-23(16-5-6-16)22(19)24-37-12-18-25(38-24)40(26(35)41(18)14-27(29,30)31)13-15-3-7-17(8-4-15)42-21(44-2)11-20(39-42)28(32,33)34/h15-25,35-39H,3-14H2,1-2H3. The Labute approximate surface area is 254 Å². The van der Waals surface area contributed by atoms with Crippen molar-refractivity contribution in [2.75, 3.05) is 40.4 Å². The maximum absolute atomic E-state index is 13.7. The van der Waals surface area contributed by atoms with E-state index in [2.05, 4.69) is 21.4 Å². The molecule has 6 fully saturated rings. The van der Waals surface area contributed by atoms with E-state index in [4.69, 9.17) is 14.9 Å². The highest BCUT2D eigenvalue weighted by molar-refractivity contribution is 5.80. The van der Waals surface area contributed by atoms with E-state index in [1.165, 1.54) is 7.11 Å². The van der Waals surface area contributed by atoms with E-state index >= 15 is 0 Å². The first-order chi connectivity index (χ1) is 20.9. The van der Waals surface area contributed by atoms with Gasteiger partial charge < -0.3 is 24.6 Å². The number of alkyl halides is 6. The van der Waals surface area contributed by atoms with Crippen molar-refractivity contribution in [1.29, 1.82) is 5.41 Å². The first-order valence-corrected chi connectivity index (χ1v) is 16.0. The molecule has 5 N–H and O–H groups in total. The Kier molecular flexibility index (Phi) is 9.34. The fraction of sp³-hybridized carbons (Fsp3) is 0.964. The third kappa shape index (κ3) is 6.67. The van der Waals surface area contributed by atoms with Crippen molar-refractivity contribution < 1.29 is 35.8 Å². The molecule has 8 unspecified atom stereocenters. The van der Waals surface area contributed by atoms with Crippen molar-refractivity contribution >= 4 is 5.96 Å². The summed E-state index contributed by atoms with van der Waals surface area (Å²) in [6, 6.07) is -2.11. The monoisotopic (exact) mass is 640 g/mol. The molecule has 0 amide bonds. The number of rotatable bonds is 8. The Morgan fingerprint density at radius 3 is 2.25 bits per heavy atom. The van der Waals surface area contributed by atoms with Gasteiger partial charge in [0, 0.05) is 51.7 Å². The van der Waals surface area contributed by atoms with Gasteiger partial charge in [0.05, 0.1) is 18.3 Å². The molecular formula is C28H46F6N8O2. The summed E-state index contributed by atoms with van der Waals surface area (Å²) in [7, 11) is 3.13. The molecule has 2 aliphatic carbocycles. The number of halogens is 6. The molecule has 8 atom stereocenters. The molecule has 4 saturated heterocycles. The summed E-state index contributed by atoms with van der Waals surface area (Å²) in [6.07, 6.45) is -4.53. The number of hydrogen-bond donors (Lipinski definition) is 5. The van der Waals surface area contributed by atoms with Crippen LogP contribution in [0.3, 0.4) is 0 Å². The van der Waals surface area contributed by atoms with Crippen molar-refractivity contribution in [3.63, 3.8) is 0 Å². The molecule has 0 radical (unpaired) electrons. The van der Waals surface area contributed by atoms with Crippen LogP contribution in [0.5, 0.6) is 0 Å². The molecule has 4 aliphatic heterocycles. The summed E-state index contributed by atoms with van der Waals surface area (Å²) in [4.78, 5) is 2.96. The number of fused-ring (bicyclic) bond motifs is 1. The number of ether oxygens (including phenoxy) is 2. The zero-order chi connectivity index (χ0) is 31.4. The maximum Gasteiger partial charge on any atom is 0.406 e. The average Bonchev–Trinajstić information content (AvgIpc) is 3.69.